The summed E-state index contributed by atoms with van der Waals surface area (Å²) in [4.78, 5) is 12.2. The van der Waals surface area contributed by atoms with E-state index in [9.17, 15) is 9.18 Å². The van der Waals surface area contributed by atoms with Crippen LogP contribution in [0.25, 0.3) is 11.6 Å². The minimum Gasteiger partial charge on any atom is -0.377 e. The van der Waals surface area contributed by atoms with E-state index in [0.717, 1.165) is 30.6 Å². The second-order valence-electron chi connectivity index (χ2n) is 10.1. The number of aryl methyl sites for hydroxylation is 1. The lowest BCUT2D eigenvalue weighted by atomic mass is 10.0. The van der Waals surface area contributed by atoms with Gasteiger partial charge in [0.2, 0.25) is 0 Å². The fourth-order valence-electron chi connectivity index (χ4n) is 4.35. The fourth-order valence-corrected chi connectivity index (χ4v) is 4.35. The van der Waals surface area contributed by atoms with E-state index in [1.165, 1.54) is 85.9 Å². The average Bonchev–Trinajstić information content (AvgIpc) is 2.93. The summed E-state index contributed by atoms with van der Waals surface area (Å²) in [6, 6.07) is 22.5. The van der Waals surface area contributed by atoms with Crippen LogP contribution in [0.4, 0.5) is 4.39 Å². The molecule has 0 N–H and O–H groups in total. The van der Waals surface area contributed by atoms with Gasteiger partial charge >= 0.3 is 0 Å². The van der Waals surface area contributed by atoms with Crippen LogP contribution in [0.2, 0.25) is 0 Å². The lowest BCUT2D eigenvalue weighted by Gasteiger charge is -2.06. The monoisotopic (exact) mass is 512 g/mol. The Kier molecular flexibility index (Phi) is 12.7. The summed E-state index contributed by atoms with van der Waals surface area (Å²) in [6.45, 7) is 7.52. The highest BCUT2D eigenvalue weighted by Crippen LogP contribution is 2.15. The van der Waals surface area contributed by atoms with E-state index >= 15 is 0 Å². The van der Waals surface area contributed by atoms with Crippen molar-refractivity contribution in [3.8, 4) is 0 Å². The Balaban J connectivity index is 1.17. The molecule has 3 aromatic rings. The van der Waals surface area contributed by atoms with Crippen LogP contribution >= 0.6 is 0 Å². The van der Waals surface area contributed by atoms with Gasteiger partial charge in [0, 0.05) is 12.2 Å². The molecular weight excluding hydrogens is 471 g/mol. The molecule has 0 aliphatic carbocycles. The standard InChI is InChI=1S/C35H41FO2/c1-28(2)32-19-16-31(17-20-32)27-38-26-10-8-6-4-3-5-7-9-11-29-12-14-30(15-13-29)18-25-35(37)33-21-23-34(36)24-22-33/h12-25H,1,3-11,26-27H2,2H3. The molecule has 0 saturated heterocycles. The summed E-state index contributed by atoms with van der Waals surface area (Å²) in [5, 5.41) is 0. The summed E-state index contributed by atoms with van der Waals surface area (Å²) < 4.78 is 18.8. The Hall–Kier alpha value is -3.30. The van der Waals surface area contributed by atoms with Crippen LogP contribution in [0.1, 0.15) is 90.9 Å². The molecule has 38 heavy (non-hydrogen) atoms. The molecule has 0 spiro atoms. The third-order valence-corrected chi connectivity index (χ3v) is 6.76. The van der Waals surface area contributed by atoms with Crippen LogP contribution in [0.5, 0.6) is 0 Å². The lowest BCUT2D eigenvalue weighted by molar-refractivity contribution is 0.104. The topological polar surface area (TPSA) is 26.3 Å². The predicted molar refractivity (Wildman–Crippen MR) is 158 cm³/mol. The Morgan fingerprint density at radius 2 is 1.29 bits per heavy atom. The first-order valence-corrected chi connectivity index (χ1v) is 13.9. The van der Waals surface area contributed by atoms with Crippen molar-refractivity contribution in [1.29, 1.82) is 0 Å². The quantitative estimate of drug-likeness (QED) is 0.102. The molecule has 0 heterocycles. The molecule has 0 unspecified atom stereocenters. The molecule has 0 aliphatic heterocycles. The van der Waals surface area contributed by atoms with E-state index in [4.69, 9.17) is 4.74 Å². The zero-order valence-corrected chi connectivity index (χ0v) is 22.8. The highest BCUT2D eigenvalue weighted by Gasteiger charge is 2.02. The number of halogens is 1. The average molecular weight is 513 g/mol. The number of ether oxygens (including phenoxy) is 1. The minimum atomic E-state index is -0.337. The van der Waals surface area contributed by atoms with Crippen LogP contribution in [0.15, 0.2) is 85.5 Å². The third kappa shape index (κ3) is 11.0. The number of benzene rings is 3. The maximum absolute atomic E-state index is 13.0. The molecule has 3 aromatic carbocycles. The first-order valence-electron chi connectivity index (χ1n) is 13.9. The second-order valence-corrected chi connectivity index (χ2v) is 10.1. The molecule has 3 rings (SSSR count). The van der Waals surface area contributed by atoms with Gasteiger partial charge < -0.3 is 4.74 Å². The molecule has 3 heteroatoms. The zero-order valence-electron chi connectivity index (χ0n) is 22.8. The number of hydrogen-bond donors (Lipinski definition) is 0. The van der Waals surface area contributed by atoms with E-state index in [2.05, 4.69) is 43.0 Å². The number of carbonyl (C=O) groups excluding carboxylic acids is 1. The van der Waals surface area contributed by atoms with Crippen LogP contribution in [-0.4, -0.2) is 12.4 Å². The number of ketones is 1. The molecule has 200 valence electrons. The molecular formula is C35H41FO2. The van der Waals surface area contributed by atoms with E-state index in [1.807, 2.05) is 25.1 Å². The zero-order chi connectivity index (χ0) is 27.0. The number of hydrogen-bond acceptors (Lipinski definition) is 2. The van der Waals surface area contributed by atoms with Gasteiger partial charge in [-0.25, -0.2) is 4.39 Å². The van der Waals surface area contributed by atoms with Gasteiger partial charge in [-0.05, 0) is 78.8 Å². The highest BCUT2D eigenvalue weighted by atomic mass is 19.1. The number of rotatable bonds is 17. The molecule has 0 saturated carbocycles. The number of unbranched alkanes of at least 4 members (excludes halogenated alkanes) is 7. The van der Waals surface area contributed by atoms with E-state index in [-0.39, 0.29) is 11.6 Å². The molecule has 0 bridgehead atoms. The van der Waals surface area contributed by atoms with Crippen molar-refractivity contribution in [2.24, 2.45) is 0 Å². The molecule has 0 aliphatic rings. The molecule has 0 radical (unpaired) electrons. The Labute approximate surface area is 228 Å². The van der Waals surface area contributed by atoms with Crippen molar-refractivity contribution in [1.82, 2.24) is 0 Å². The van der Waals surface area contributed by atoms with Crippen molar-refractivity contribution in [3.63, 3.8) is 0 Å². The first-order chi connectivity index (χ1) is 18.5. The second kappa shape index (κ2) is 16.5. The van der Waals surface area contributed by atoms with Crippen molar-refractivity contribution < 1.29 is 13.9 Å². The van der Waals surface area contributed by atoms with E-state index < -0.39 is 0 Å². The van der Waals surface area contributed by atoms with Crippen molar-refractivity contribution >= 4 is 17.4 Å². The van der Waals surface area contributed by atoms with Gasteiger partial charge in [0.05, 0.1) is 6.61 Å². The summed E-state index contributed by atoms with van der Waals surface area (Å²) in [7, 11) is 0. The molecule has 0 atom stereocenters. The van der Waals surface area contributed by atoms with Gasteiger partial charge in [-0.2, -0.15) is 0 Å². The van der Waals surface area contributed by atoms with Gasteiger partial charge in [0.15, 0.2) is 5.78 Å². The molecule has 0 fully saturated rings. The Morgan fingerprint density at radius 1 is 0.737 bits per heavy atom. The largest absolute Gasteiger partial charge is 0.377 e. The van der Waals surface area contributed by atoms with Gasteiger partial charge in [-0.15, -0.1) is 0 Å². The normalized spacial score (nSPS) is 11.2. The fraction of sp³-hybridized carbons (Fsp3) is 0.343. The third-order valence-electron chi connectivity index (χ3n) is 6.76. The summed E-state index contributed by atoms with van der Waals surface area (Å²) in [5.74, 6) is -0.459. The summed E-state index contributed by atoms with van der Waals surface area (Å²) in [6.07, 6.45) is 14.5. The van der Waals surface area contributed by atoms with Crippen molar-refractivity contribution in [2.75, 3.05) is 6.61 Å². The van der Waals surface area contributed by atoms with Gasteiger partial charge in [-0.1, -0.05) is 105 Å². The van der Waals surface area contributed by atoms with Crippen LogP contribution in [-0.2, 0) is 17.8 Å². The minimum absolute atomic E-state index is 0.122. The van der Waals surface area contributed by atoms with Crippen LogP contribution in [0, 0.1) is 5.82 Å². The van der Waals surface area contributed by atoms with Crippen molar-refractivity contribution in [3.05, 3.63) is 119 Å². The predicted octanol–water partition coefficient (Wildman–Crippen LogP) is 9.63. The van der Waals surface area contributed by atoms with Crippen molar-refractivity contribution in [2.45, 2.75) is 71.3 Å². The Bertz CT molecular complexity index is 1140. The summed E-state index contributed by atoms with van der Waals surface area (Å²) >= 11 is 0. The first kappa shape index (κ1) is 29.3. The van der Waals surface area contributed by atoms with Gasteiger partial charge in [0.25, 0.3) is 0 Å². The smallest absolute Gasteiger partial charge is 0.185 e. The summed E-state index contributed by atoms with van der Waals surface area (Å²) in [5.41, 5.74) is 6.31. The maximum atomic E-state index is 13.0. The van der Waals surface area contributed by atoms with Crippen LogP contribution in [0.3, 0.4) is 0 Å². The SMILES string of the molecule is C=C(C)c1ccc(COCCCCCCCCCCc2ccc(C=CC(=O)c3ccc(F)cc3)cc2)cc1. The van der Waals surface area contributed by atoms with E-state index in [0.29, 0.717) is 12.2 Å². The molecule has 0 aromatic heterocycles. The maximum Gasteiger partial charge on any atom is 0.185 e. The van der Waals surface area contributed by atoms with Crippen LogP contribution < -0.4 is 0 Å². The Morgan fingerprint density at radius 3 is 1.92 bits per heavy atom. The highest BCUT2D eigenvalue weighted by molar-refractivity contribution is 6.06. The number of carbonyl (C=O) groups is 1. The number of allylic oxidation sites excluding steroid dienone is 2. The lowest BCUT2D eigenvalue weighted by Crippen LogP contribution is -1.96. The van der Waals surface area contributed by atoms with Gasteiger partial charge in [-0.3, -0.25) is 4.79 Å². The molecule has 0 amide bonds. The molecule has 2 nitrogen and oxygen atoms in total. The van der Waals surface area contributed by atoms with E-state index in [1.54, 1.807) is 6.08 Å². The van der Waals surface area contributed by atoms with Gasteiger partial charge in [0.1, 0.15) is 5.82 Å².